The summed E-state index contributed by atoms with van der Waals surface area (Å²) in [7, 11) is 1.90. The van der Waals surface area contributed by atoms with Gasteiger partial charge in [0.15, 0.2) is 0 Å². The van der Waals surface area contributed by atoms with E-state index in [1.807, 2.05) is 24.1 Å². The number of ether oxygens (including phenoxy) is 3. The number of aromatic nitrogens is 6. The first kappa shape index (κ1) is 31.5. The van der Waals surface area contributed by atoms with E-state index in [0.717, 1.165) is 60.0 Å². The molecule has 0 atom stereocenters. The summed E-state index contributed by atoms with van der Waals surface area (Å²) in [5, 5.41) is 17.6. The fourth-order valence-corrected chi connectivity index (χ4v) is 5.76. The number of nitrogens with zero attached hydrogens (tertiary/aromatic N) is 8. The van der Waals surface area contributed by atoms with Crippen molar-refractivity contribution in [2.24, 2.45) is 7.05 Å². The molecule has 1 aliphatic rings. The van der Waals surface area contributed by atoms with E-state index in [1.165, 1.54) is 22.3 Å². The van der Waals surface area contributed by atoms with Gasteiger partial charge in [-0.1, -0.05) is 29.5 Å². The van der Waals surface area contributed by atoms with Crippen molar-refractivity contribution in [2.45, 2.75) is 47.6 Å². The molecule has 0 saturated heterocycles. The van der Waals surface area contributed by atoms with Crippen LogP contribution in [0.25, 0.3) is 22.5 Å². The zero-order chi connectivity index (χ0) is 31.1. The number of anilines is 1. The van der Waals surface area contributed by atoms with Gasteiger partial charge in [-0.25, -0.2) is 14.2 Å². The summed E-state index contributed by atoms with van der Waals surface area (Å²) in [6.45, 7) is 16.6. The van der Waals surface area contributed by atoms with Crippen LogP contribution in [0.15, 0.2) is 36.7 Å². The average molecular weight is 602 g/mol. The maximum Gasteiger partial charge on any atom is 0.244 e. The summed E-state index contributed by atoms with van der Waals surface area (Å²) in [6.07, 6.45) is 7.22. The molecular weight excluding hydrogens is 556 g/mol. The van der Waals surface area contributed by atoms with Crippen LogP contribution in [-0.4, -0.2) is 93.6 Å². The van der Waals surface area contributed by atoms with Crippen molar-refractivity contribution in [3.8, 4) is 22.5 Å². The second-order valence-corrected chi connectivity index (χ2v) is 11.4. The van der Waals surface area contributed by atoms with Crippen LogP contribution in [0.3, 0.4) is 0 Å². The lowest BCUT2D eigenvalue weighted by atomic mass is 10.0. The Balaban J connectivity index is 1.30. The second-order valence-electron chi connectivity index (χ2n) is 11.4. The molecule has 0 spiro atoms. The second kappa shape index (κ2) is 14.7. The summed E-state index contributed by atoms with van der Waals surface area (Å²) in [6, 6.07) is 8.86. The quantitative estimate of drug-likeness (QED) is 0.144. The smallest absolute Gasteiger partial charge is 0.244 e. The largest absolute Gasteiger partial charge is 0.379 e. The molecule has 0 unspecified atom stereocenters. The number of aryl methyl sites for hydroxylation is 5. The Labute approximate surface area is 260 Å². The van der Waals surface area contributed by atoms with E-state index >= 15 is 0 Å². The third kappa shape index (κ3) is 7.58. The van der Waals surface area contributed by atoms with E-state index < -0.39 is 0 Å². The molecule has 0 N–H and O–H groups in total. The summed E-state index contributed by atoms with van der Waals surface area (Å²) >= 11 is 0. The molecule has 2 aromatic carbocycles. The van der Waals surface area contributed by atoms with Gasteiger partial charge in [-0.05, 0) is 68.5 Å². The van der Waals surface area contributed by atoms with Crippen LogP contribution in [0.1, 0.15) is 35.6 Å². The lowest BCUT2D eigenvalue weighted by molar-refractivity contribution is -0.423. The van der Waals surface area contributed by atoms with Gasteiger partial charge in [0.1, 0.15) is 35.9 Å². The molecule has 44 heavy (non-hydrogen) atoms. The van der Waals surface area contributed by atoms with E-state index in [1.54, 1.807) is 4.68 Å². The zero-order valence-corrected chi connectivity index (χ0v) is 26.9. The van der Waals surface area contributed by atoms with Gasteiger partial charge >= 0.3 is 0 Å². The predicted molar refractivity (Wildman–Crippen MR) is 172 cm³/mol. The first-order valence-electron chi connectivity index (χ1n) is 15.4. The maximum atomic E-state index is 5.75. The molecule has 0 aliphatic carbocycles. The molecule has 11 nitrogen and oxygen atoms in total. The Morgan fingerprint density at radius 3 is 2.09 bits per heavy atom. The first-order valence-corrected chi connectivity index (χ1v) is 15.4. The van der Waals surface area contributed by atoms with E-state index in [4.69, 9.17) is 14.2 Å². The predicted octanol–water partition coefficient (Wildman–Crippen LogP) is 4.63. The van der Waals surface area contributed by atoms with Gasteiger partial charge in [0.25, 0.3) is 0 Å². The molecule has 234 valence electrons. The van der Waals surface area contributed by atoms with Crippen molar-refractivity contribution in [3.63, 3.8) is 0 Å². The van der Waals surface area contributed by atoms with Gasteiger partial charge in [0.05, 0.1) is 63.1 Å². The molecule has 0 saturated carbocycles. The van der Waals surface area contributed by atoms with Crippen LogP contribution in [0.5, 0.6) is 0 Å². The number of hydrogen-bond acceptors (Lipinski definition) is 8. The minimum absolute atomic E-state index is 0.539. The van der Waals surface area contributed by atoms with Crippen LogP contribution in [-0.2, 0) is 27.8 Å². The van der Waals surface area contributed by atoms with E-state index in [2.05, 4.69) is 95.3 Å². The lowest BCUT2D eigenvalue weighted by Crippen LogP contribution is -2.20. The molecule has 4 aromatic rings. The van der Waals surface area contributed by atoms with Crippen molar-refractivity contribution in [2.75, 3.05) is 57.6 Å². The monoisotopic (exact) mass is 601 g/mol. The molecule has 11 heteroatoms. The summed E-state index contributed by atoms with van der Waals surface area (Å²) in [5.41, 5.74) is 11.0. The highest BCUT2D eigenvalue weighted by molar-refractivity contribution is 5.90. The number of rotatable bonds is 15. The highest BCUT2D eigenvalue weighted by Gasteiger charge is 2.30. The van der Waals surface area contributed by atoms with Gasteiger partial charge < -0.3 is 14.2 Å². The Bertz CT molecular complexity index is 1590. The third-order valence-electron chi connectivity index (χ3n) is 7.58. The summed E-state index contributed by atoms with van der Waals surface area (Å²) < 4.78 is 22.7. The standard InChI is InChI=1S/C33H45N8O3/c1-7-11-42-13-15-44-16-14-43-12-10-41-22-31(35-37-41)29-20-25(3)18-27(5)33(29)40-9-8-39(23-40)32-26(4)17-24(2)19-28(32)30-21-38(6)36-34-30/h17-23H,7-16H2,1-6H3/q+1. The van der Waals surface area contributed by atoms with E-state index in [0.29, 0.717) is 39.6 Å². The van der Waals surface area contributed by atoms with Gasteiger partial charge in [-0.15, -0.1) is 10.2 Å². The summed E-state index contributed by atoms with van der Waals surface area (Å²) in [5.74, 6) is 0. The van der Waals surface area contributed by atoms with Gasteiger partial charge in [0.2, 0.25) is 6.34 Å². The fraction of sp³-hybridized carbons (Fsp3) is 0.485. The Morgan fingerprint density at radius 1 is 0.750 bits per heavy atom. The van der Waals surface area contributed by atoms with Crippen LogP contribution in [0, 0.1) is 27.7 Å². The SMILES string of the molecule is CCCOCCOCCOCCn1cc(-c2cc(C)cc(C)c2N2C=[N+](c3c(C)cc(C)cc3-c3cn(C)nn3)CC2)nn1. The topological polar surface area (TPSA) is 95.4 Å². The minimum Gasteiger partial charge on any atom is -0.379 e. The van der Waals surface area contributed by atoms with Gasteiger partial charge in [-0.2, -0.15) is 0 Å². The Morgan fingerprint density at radius 2 is 1.39 bits per heavy atom. The first-order chi connectivity index (χ1) is 21.3. The van der Waals surface area contributed by atoms with Crippen LogP contribution in [0.4, 0.5) is 11.4 Å². The lowest BCUT2D eigenvalue weighted by Gasteiger charge is -2.15. The molecule has 0 radical (unpaired) electrons. The van der Waals surface area contributed by atoms with Crippen LogP contribution >= 0.6 is 0 Å². The molecule has 5 rings (SSSR count). The van der Waals surface area contributed by atoms with E-state index in [9.17, 15) is 0 Å². The normalized spacial score (nSPS) is 13.2. The van der Waals surface area contributed by atoms with Gasteiger partial charge in [-0.3, -0.25) is 4.68 Å². The Kier molecular flexibility index (Phi) is 10.5. The van der Waals surface area contributed by atoms with E-state index in [-0.39, 0.29) is 0 Å². The minimum atomic E-state index is 0.539. The summed E-state index contributed by atoms with van der Waals surface area (Å²) in [4.78, 5) is 2.33. The molecule has 0 amide bonds. The van der Waals surface area contributed by atoms with Crippen LogP contribution < -0.4 is 4.90 Å². The average Bonchev–Trinajstić information content (AvgIpc) is 3.75. The molecular formula is C33H45N8O3+. The molecule has 0 bridgehead atoms. The molecule has 1 aliphatic heterocycles. The van der Waals surface area contributed by atoms with Crippen LogP contribution in [0.2, 0.25) is 0 Å². The van der Waals surface area contributed by atoms with Crippen molar-refractivity contribution in [3.05, 3.63) is 58.9 Å². The molecule has 3 heterocycles. The highest BCUT2D eigenvalue weighted by Crippen LogP contribution is 2.37. The fourth-order valence-electron chi connectivity index (χ4n) is 5.76. The Hall–Kier alpha value is -3.93. The van der Waals surface area contributed by atoms with Gasteiger partial charge in [0, 0.05) is 13.7 Å². The van der Waals surface area contributed by atoms with Crippen molar-refractivity contribution < 1.29 is 18.8 Å². The van der Waals surface area contributed by atoms with Crippen molar-refractivity contribution >= 4 is 17.7 Å². The third-order valence-corrected chi connectivity index (χ3v) is 7.58. The highest BCUT2D eigenvalue weighted by atomic mass is 16.5. The van der Waals surface area contributed by atoms with Crippen molar-refractivity contribution in [1.82, 2.24) is 30.0 Å². The maximum absolute atomic E-state index is 5.75. The van der Waals surface area contributed by atoms with Crippen molar-refractivity contribution in [1.29, 1.82) is 0 Å². The molecule has 0 fully saturated rings. The zero-order valence-electron chi connectivity index (χ0n) is 26.9. The number of benzene rings is 2. The molecule has 2 aromatic heterocycles. The number of hydrogen-bond donors (Lipinski definition) is 0.